The van der Waals surface area contributed by atoms with Crippen LogP contribution in [0.15, 0.2) is 53.8 Å². The van der Waals surface area contributed by atoms with E-state index in [4.69, 9.17) is 23.0 Å². The molecule has 0 aliphatic carbocycles. The highest BCUT2D eigenvalue weighted by atomic mass is 31.2. The molecule has 0 radical (unpaired) electrons. The van der Waals surface area contributed by atoms with Crippen LogP contribution in [0.4, 0.5) is 4.79 Å². The van der Waals surface area contributed by atoms with Gasteiger partial charge in [0, 0.05) is 7.11 Å². The van der Waals surface area contributed by atoms with E-state index in [1.165, 1.54) is 0 Å². The molecule has 8 heteroatoms. The maximum atomic E-state index is 12.5. The Labute approximate surface area is 173 Å². The summed E-state index contributed by atoms with van der Waals surface area (Å²) >= 11 is 0. The summed E-state index contributed by atoms with van der Waals surface area (Å²) < 4.78 is 37.7. The standard InChI is InChI=1S/C21H31O7P/c1-15(2)17(5)20(18(6)16(3)4)26-14-27-29(23,24-7)28-21(22)25-13-19-11-9-8-10-12-19/h8-12,15-16H,5,13-14H2,1-4,6-7H3/b20-18-. The second kappa shape index (κ2) is 11.8. The summed E-state index contributed by atoms with van der Waals surface area (Å²) in [7, 11) is -3.09. The van der Waals surface area contributed by atoms with E-state index in [2.05, 4.69) is 6.58 Å². The quantitative estimate of drug-likeness (QED) is 0.136. The van der Waals surface area contributed by atoms with Gasteiger partial charge in [-0.05, 0) is 35.5 Å². The van der Waals surface area contributed by atoms with Crippen LogP contribution >= 0.6 is 7.82 Å². The fraction of sp³-hybridized carbons (Fsp3) is 0.476. The van der Waals surface area contributed by atoms with Gasteiger partial charge in [-0.2, -0.15) is 0 Å². The van der Waals surface area contributed by atoms with Gasteiger partial charge in [0.05, 0.1) is 0 Å². The summed E-state index contributed by atoms with van der Waals surface area (Å²) in [5, 5.41) is 0. The molecule has 0 heterocycles. The third kappa shape index (κ3) is 8.44. The van der Waals surface area contributed by atoms with Crippen LogP contribution in [0.25, 0.3) is 0 Å². The zero-order valence-corrected chi connectivity index (χ0v) is 18.9. The zero-order chi connectivity index (χ0) is 22.0. The number of benzene rings is 1. The lowest BCUT2D eigenvalue weighted by Crippen LogP contribution is -2.12. The highest BCUT2D eigenvalue weighted by Crippen LogP contribution is 2.49. The van der Waals surface area contributed by atoms with Crippen molar-refractivity contribution in [2.24, 2.45) is 11.8 Å². The highest BCUT2D eigenvalue weighted by molar-refractivity contribution is 7.49. The molecule has 1 aromatic rings. The topological polar surface area (TPSA) is 80.3 Å². The van der Waals surface area contributed by atoms with Crippen molar-refractivity contribution in [3.8, 4) is 0 Å². The first kappa shape index (κ1) is 25.0. The minimum absolute atomic E-state index is 0.0332. The van der Waals surface area contributed by atoms with Crippen molar-refractivity contribution in [2.45, 2.75) is 41.2 Å². The van der Waals surface area contributed by atoms with Crippen LogP contribution in [0.2, 0.25) is 0 Å². The fourth-order valence-electron chi connectivity index (χ4n) is 2.08. The molecule has 0 spiro atoms. The van der Waals surface area contributed by atoms with Crippen LogP contribution in [0.1, 0.15) is 40.2 Å². The molecule has 0 bridgehead atoms. The molecule has 29 heavy (non-hydrogen) atoms. The molecule has 0 saturated heterocycles. The minimum Gasteiger partial charge on any atom is -0.467 e. The van der Waals surface area contributed by atoms with Gasteiger partial charge in [0.2, 0.25) is 6.79 Å². The van der Waals surface area contributed by atoms with Crippen LogP contribution < -0.4 is 0 Å². The van der Waals surface area contributed by atoms with E-state index in [0.717, 1.165) is 23.8 Å². The van der Waals surface area contributed by atoms with Gasteiger partial charge in [-0.25, -0.2) is 13.9 Å². The van der Waals surface area contributed by atoms with E-state index in [9.17, 15) is 9.36 Å². The van der Waals surface area contributed by atoms with E-state index in [1.807, 2.05) is 40.7 Å². The van der Waals surface area contributed by atoms with Crippen molar-refractivity contribution in [2.75, 3.05) is 13.9 Å². The summed E-state index contributed by atoms with van der Waals surface area (Å²) in [6.07, 6.45) is -1.17. The molecule has 0 amide bonds. The lowest BCUT2D eigenvalue weighted by atomic mass is 9.95. The van der Waals surface area contributed by atoms with E-state index < -0.39 is 20.8 Å². The molecule has 1 rings (SSSR count). The van der Waals surface area contributed by atoms with E-state index in [-0.39, 0.29) is 18.4 Å². The average Bonchev–Trinajstić information content (AvgIpc) is 2.69. The Morgan fingerprint density at radius 2 is 1.69 bits per heavy atom. The lowest BCUT2D eigenvalue weighted by molar-refractivity contribution is 0.0178. The number of allylic oxidation sites excluding steroid dienone is 2. The number of carbonyl (C=O) groups is 1. The Morgan fingerprint density at radius 3 is 2.21 bits per heavy atom. The third-order valence-corrected chi connectivity index (χ3v) is 5.48. The zero-order valence-electron chi connectivity index (χ0n) is 18.0. The predicted molar refractivity (Wildman–Crippen MR) is 111 cm³/mol. The number of rotatable bonds is 11. The van der Waals surface area contributed by atoms with Gasteiger partial charge in [-0.15, -0.1) is 0 Å². The average molecular weight is 426 g/mol. The maximum Gasteiger partial charge on any atom is 0.537 e. The maximum absolute atomic E-state index is 12.5. The summed E-state index contributed by atoms with van der Waals surface area (Å²) in [6.45, 7) is 13.5. The Balaban J connectivity index is 2.67. The smallest absolute Gasteiger partial charge is 0.467 e. The van der Waals surface area contributed by atoms with Crippen LogP contribution in [0.3, 0.4) is 0 Å². The van der Waals surface area contributed by atoms with Crippen LogP contribution in [0.5, 0.6) is 0 Å². The number of carbonyl (C=O) groups excluding carboxylic acids is 1. The summed E-state index contributed by atoms with van der Waals surface area (Å²) in [5.41, 5.74) is 2.52. The van der Waals surface area contributed by atoms with Crippen molar-refractivity contribution in [3.05, 3.63) is 59.4 Å². The van der Waals surface area contributed by atoms with Gasteiger partial charge < -0.3 is 14.0 Å². The normalized spacial score (nSPS) is 14.2. The molecule has 1 atom stereocenters. The van der Waals surface area contributed by atoms with Crippen LogP contribution in [0, 0.1) is 11.8 Å². The van der Waals surface area contributed by atoms with E-state index >= 15 is 0 Å². The number of phosphoric acid groups is 1. The first-order chi connectivity index (χ1) is 13.6. The number of hydrogen-bond donors (Lipinski definition) is 0. The minimum atomic E-state index is -4.19. The first-order valence-corrected chi connectivity index (χ1v) is 10.8. The molecule has 1 aromatic carbocycles. The highest BCUT2D eigenvalue weighted by Gasteiger charge is 2.31. The summed E-state index contributed by atoms with van der Waals surface area (Å²) in [4.78, 5) is 11.8. The second-order valence-electron chi connectivity index (χ2n) is 6.98. The summed E-state index contributed by atoms with van der Waals surface area (Å²) in [6, 6.07) is 9.01. The molecule has 0 saturated carbocycles. The van der Waals surface area contributed by atoms with Crippen molar-refractivity contribution >= 4 is 14.0 Å². The molecule has 7 nitrogen and oxygen atoms in total. The van der Waals surface area contributed by atoms with Gasteiger partial charge in [-0.3, -0.25) is 4.52 Å². The Hall–Kier alpha value is -2.08. The molecule has 0 aliphatic rings. The SMILES string of the molecule is C=C(/C(OCOP(=O)(OC)OC(=O)OCc1ccccc1)=C(\C)C(C)C)C(C)C. The number of hydrogen-bond acceptors (Lipinski definition) is 7. The molecule has 0 fully saturated rings. The van der Waals surface area contributed by atoms with Crippen molar-refractivity contribution in [3.63, 3.8) is 0 Å². The van der Waals surface area contributed by atoms with Crippen molar-refractivity contribution in [1.82, 2.24) is 0 Å². The predicted octanol–water partition coefficient (Wildman–Crippen LogP) is 6.23. The van der Waals surface area contributed by atoms with Crippen LogP contribution in [-0.2, 0) is 34.2 Å². The van der Waals surface area contributed by atoms with Gasteiger partial charge in [-0.1, -0.05) is 64.6 Å². The molecule has 0 aliphatic heterocycles. The Kier molecular flexibility index (Phi) is 10.2. The molecule has 162 valence electrons. The van der Waals surface area contributed by atoms with Gasteiger partial charge >= 0.3 is 14.0 Å². The Bertz CT molecular complexity index is 754. The molecule has 1 unspecified atom stereocenters. The van der Waals surface area contributed by atoms with Crippen molar-refractivity contribution < 1.29 is 32.4 Å². The van der Waals surface area contributed by atoms with E-state index in [0.29, 0.717) is 5.76 Å². The van der Waals surface area contributed by atoms with Gasteiger partial charge in [0.25, 0.3) is 0 Å². The first-order valence-electron chi connectivity index (χ1n) is 9.33. The van der Waals surface area contributed by atoms with Gasteiger partial charge in [0.1, 0.15) is 12.4 Å². The molecular formula is C21H31O7P. The van der Waals surface area contributed by atoms with Gasteiger partial charge in [0.15, 0.2) is 0 Å². The molecule has 0 aromatic heterocycles. The monoisotopic (exact) mass is 426 g/mol. The summed E-state index contributed by atoms with van der Waals surface area (Å²) in [5.74, 6) is 0.945. The molecular weight excluding hydrogens is 395 g/mol. The Morgan fingerprint density at radius 1 is 1.07 bits per heavy atom. The van der Waals surface area contributed by atoms with Crippen LogP contribution in [-0.4, -0.2) is 20.1 Å². The largest absolute Gasteiger partial charge is 0.537 e. The fourth-order valence-corrected chi connectivity index (χ4v) is 2.73. The second-order valence-corrected chi connectivity index (χ2v) is 8.68. The van der Waals surface area contributed by atoms with E-state index in [1.54, 1.807) is 24.3 Å². The number of phosphoric ester groups is 1. The lowest BCUT2D eigenvalue weighted by Gasteiger charge is -2.21. The molecule has 0 N–H and O–H groups in total. The van der Waals surface area contributed by atoms with Crippen molar-refractivity contribution in [1.29, 1.82) is 0 Å². The third-order valence-electron chi connectivity index (χ3n) is 4.24. The number of ether oxygens (including phenoxy) is 2.